The van der Waals surface area contributed by atoms with Gasteiger partial charge in [-0.3, -0.25) is 4.57 Å². The summed E-state index contributed by atoms with van der Waals surface area (Å²) in [6.07, 6.45) is 1.10. The molecule has 0 aliphatic carbocycles. The Morgan fingerprint density at radius 3 is 2.59 bits per heavy atom. The lowest BCUT2D eigenvalue weighted by Gasteiger charge is -2.19. The number of hydrogen-bond acceptors (Lipinski definition) is 6. The lowest BCUT2D eigenvalue weighted by atomic mass is 10.0. The summed E-state index contributed by atoms with van der Waals surface area (Å²) < 4.78 is 51.1. The Morgan fingerprint density at radius 2 is 1.91 bits per heavy atom. The van der Waals surface area contributed by atoms with E-state index in [9.17, 15) is 17.6 Å². The maximum absolute atomic E-state index is 14.3. The van der Waals surface area contributed by atoms with Crippen LogP contribution in [0.1, 0.15) is 18.7 Å². The minimum absolute atomic E-state index is 0.204. The number of halogens is 1. The standard InChI is InChI=1S/C24H24FN3O5S/c1-4-33-23-22(32-2)12-10-18(26-23)21(14-34(3,30)31)28-20-11-9-15(13-19(20)27-24(28)29)16-7-5-6-8-17(16)25/h5-13,21H,4,14H2,1-3H3,(H,27,29)/t21-/m1/s1. The molecule has 4 aromatic rings. The third kappa shape index (κ3) is 4.67. The van der Waals surface area contributed by atoms with Gasteiger partial charge in [0.15, 0.2) is 5.75 Å². The first-order valence-electron chi connectivity index (χ1n) is 10.6. The van der Waals surface area contributed by atoms with E-state index in [4.69, 9.17) is 9.47 Å². The molecule has 0 spiro atoms. The van der Waals surface area contributed by atoms with Crippen LogP contribution in [0.4, 0.5) is 4.39 Å². The van der Waals surface area contributed by atoms with Gasteiger partial charge in [0, 0.05) is 11.8 Å². The number of nitrogens with zero attached hydrogens (tertiary/aromatic N) is 2. The minimum Gasteiger partial charge on any atom is -0.491 e. The summed E-state index contributed by atoms with van der Waals surface area (Å²) in [5.41, 5.74) is 1.71. The Bertz CT molecular complexity index is 1510. The molecular weight excluding hydrogens is 461 g/mol. The first-order chi connectivity index (χ1) is 16.2. The molecule has 0 unspecified atom stereocenters. The predicted molar refractivity (Wildman–Crippen MR) is 128 cm³/mol. The fourth-order valence-electron chi connectivity index (χ4n) is 3.91. The number of aromatic nitrogens is 3. The van der Waals surface area contributed by atoms with Gasteiger partial charge in [-0.1, -0.05) is 24.3 Å². The number of rotatable bonds is 8. The van der Waals surface area contributed by atoms with Crippen LogP contribution in [0.5, 0.6) is 11.6 Å². The van der Waals surface area contributed by atoms with Crippen LogP contribution >= 0.6 is 0 Å². The highest BCUT2D eigenvalue weighted by atomic mass is 32.2. The van der Waals surface area contributed by atoms with Crippen LogP contribution in [-0.4, -0.2) is 48.7 Å². The Labute approximate surface area is 195 Å². The van der Waals surface area contributed by atoms with Crippen LogP contribution in [0, 0.1) is 5.82 Å². The third-order valence-electron chi connectivity index (χ3n) is 5.36. The second kappa shape index (κ2) is 9.30. The first kappa shape index (κ1) is 23.5. The minimum atomic E-state index is -3.52. The average molecular weight is 486 g/mol. The van der Waals surface area contributed by atoms with Crippen LogP contribution in [0.3, 0.4) is 0 Å². The zero-order chi connectivity index (χ0) is 24.5. The van der Waals surface area contributed by atoms with Gasteiger partial charge in [0.1, 0.15) is 15.7 Å². The molecule has 0 saturated carbocycles. The lowest BCUT2D eigenvalue weighted by molar-refractivity contribution is 0.296. The molecule has 0 saturated heterocycles. The van der Waals surface area contributed by atoms with Crippen molar-refractivity contribution in [1.82, 2.24) is 14.5 Å². The summed E-state index contributed by atoms with van der Waals surface area (Å²) in [4.78, 5) is 20.3. The zero-order valence-electron chi connectivity index (χ0n) is 18.9. The van der Waals surface area contributed by atoms with Gasteiger partial charge in [0.2, 0.25) is 0 Å². The molecular formula is C24H24FN3O5S. The van der Waals surface area contributed by atoms with Gasteiger partial charge in [0.05, 0.1) is 42.2 Å². The van der Waals surface area contributed by atoms with Crippen molar-refractivity contribution < 1.29 is 22.3 Å². The van der Waals surface area contributed by atoms with Crippen LogP contribution < -0.4 is 15.2 Å². The molecule has 0 fully saturated rings. The molecule has 2 aromatic carbocycles. The van der Waals surface area contributed by atoms with Gasteiger partial charge in [-0.2, -0.15) is 0 Å². The van der Waals surface area contributed by atoms with Crippen LogP contribution in [0.25, 0.3) is 22.2 Å². The first-order valence-corrected chi connectivity index (χ1v) is 12.6. The highest BCUT2D eigenvalue weighted by molar-refractivity contribution is 7.90. The van der Waals surface area contributed by atoms with Gasteiger partial charge >= 0.3 is 5.69 Å². The van der Waals surface area contributed by atoms with E-state index in [1.54, 1.807) is 55.5 Å². The summed E-state index contributed by atoms with van der Waals surface area (Å²) in [5, 5.41) is 0. The van der Waals surface area contributed by atoms with E-state index in [1.807, 2.05) is 0 Å². The normalized spacial score (nSPS) is 12.6. The average Bonchev–Trinajstić information content (AvgIpc) is 3.12. The molecule has 0 amide bonds. The van der Waals surface area contributed by atoms with Crippen molar-refractivity contribution in [2.24, 2.45) is 0 Å². The number of pyridine rings is 1. The fraction of sp³-hybridized carbons (Fsp3) is 0.250. The summed E-state index contributed by atoms with van der Waals surface area (Å²) in [6, 6.07) is 13.7. The lowest BCUT2D eigenvalue weighted by Crippen LogP contribution is -2.29. The van der Waals surface area contributed by atoms with E-state index in [0.29, 0.717) is 40.2 Å². The quantitative estimate of drug-likeness (QED) is 0.409. The Balaban J connectivity index is 1.89. The smallest absolute Gasteiger partial charge is 0.327 e. The number of imidazole rings is 1. The molecule has 1 atom stereocenters. The van der Waals surface area contributed by atoms with E-state index < -0.39 is 21.6 Å². The highest BCUT2D eigenvalue weighted by Gasteiger charge is 2.26. The number of sulfone groups is 1. The molecule has 2 heterocycles. The molecule has 2 aromatic heterocycles. The summed E-state index contributed by atoms with van der Waals surface area (Å²) in [5.74, 6) is -0.149. The van der Waals surface area contributed by atoms with E-state index in [0.717, 1.165) is 6.26 Å². The van der Waals surface area contributed by atoms with Crippen LogP contribution in [0.2, 0.25) is 0 Å². The second-order valence-corrected chi connectivity index (χ2v) is 9.98. The van der Waals surface area contributed by atoms with Crippen molar-refractivity contribution in [3.8, 4) is 22.8 Å². The van der Waals surface area contributed by atoms with E-state index in [2.05, 4.69) is 9.97 Å². The SMILES string of the molecule is CCOc1nc([C@@H](CS(C)(=O)=O)n2c(=O)[nH]c3cc(-c4ccccc4F)ccc32)ccc1OC. The topological polar surface area (TPSA) is 103 Å². The maximum atomic E-state index is 14.3. The summed E-state index contributed by atoms with van der Waals surface area (Å²) in [6.45, 7) is 2.12. The second-order valence-electron chi connectivity index (χ2n) is 7.80. The molecule has 4 rings (SSSR count). The zero-order valence-corrected chi connectivity index (χ0v) is 19.7. The molecule has 0 bridgehead atoms. The number of ether oxygens (including phenoxy) is 2. The molecule has 0 radical (unpaired) electrons. The fourth-order valence-corrected chi connectivity index (χ4v) is 4.80. The molecule has 34 heavy (non-hydrogen) atoms. The van der Waals surface area contributed by atoms with Gasteiger partial charge in [-0.05, 0) is 42.8 Å². The van der Waals surface area contributed by atoms with Crippen molar-refractivity contribution >= 4 is 20.9 Å². The number of methoxy groups -OCH3 is 1. The molecule has 1 N–H and O–H groups in total. The van der Waals surface area contributed by atoms with Crippen LogP contribution in [0.15, 0.2) is 59.4 Å². The molecule has 178 valence electrons. The van der Waals surface area contributed by atoms with Crippen molar-refractivity contribution in [2.75, 3.05) is 25.7 Å². The number of fused-ring (bicyclic) bond motifs is 1. The monoisotopic (exact) mass is 485 g/mol. The molecule has 0 aliphatic heterocycles. The molecule has 0 aliphatic rings. The summed E-state index contributed by atoms with van der Waals surface area (Å²) >= 11 is 0. The van der Waals surface area contributed by atoms with Crippen molar-refractivity contribution in [1.29, 1.82) is 0 Å². The van der Waals surface area contributed by atoms with Gasteiger partial charge in [-0.15, -0.1) is 0 Å². The summed E-state index contributed by atoms with van der Waals surface area (Å²) in [7, 11) is -2.04. The largest absolute Gasteiger partial charge is 0.491 e. The Hall–Kier alpha value is -3.66. The number of hydrogen-bond donors (Lipinski definition) is 1. The highest BCUT2D eigenvalue weighted by Crippen LogP contribution is 2.31. The van der Waals surface area contributed by atoms with Gasteiger partial charge < -0.3 is 14.5 Å². The Morgan fingerprint density at radius 1 is 1.15 bits per heavy atom. The van der Waals surface area contributed by atoms with E-state index in [-0.39, 0.29) is 17.5 Å². The van der Waals surface area contributed by atoms with Crippen molar-refractivity contribution in [2.45, 2.75) is 13.0 Å². The van der Waals surface area contributed by atoms with Crippen LogP contribution in [-0.2, 0) is 9.84 Å². The number of benzene rings is 2. The van der Waals surface area contributed by atoms with Gasteiger partial charge in [-0.25, -0.2) is 22.6 Å². The molecule has 8 nitrogen and oxygen atoms in total. The number of H-pyrrole nitrogens is 1. The van der Waals surface area contributed by atoms with E-state index >= 15 is 0 Å². The van der Waals surface area contributed by atoms with Crippen molar-refractivity contribution in [3.63, 3.8) is 0 Å². The third-order valence-corrected chi connectivity index (χ3v) is 6.28. The molecule has 10 heteroatoms. The van der Waals surface area contributed by atoms with E-state index in [1.165, 1.54) is 17.7 Å². The van der Waals surface area contributed by atoms with Crippen molar-refractivity contribution in [3.05, 3.63) is 76.6 Å². The number of aromatic amines is 1. The van der Waals surface area contributed by atoms with Gasteiger partial charge in [0.25, 0.3) is 5.88 Å². The maximum Gasteiger partial charge on any atom is 0.327 e. The Kier molecular flexibility index (Phi) is 6.43. The predicted octanol–water partition coefficient (Wildman–Crippen LogP) is 3.57. The number of nitrogens with one attached hydrogen (secondary N) is 1.